The van der Waals surface area contributed by atoms with Crippen LogP contribution in [0.5, 0.6) is 0 Å². The number of aromatic nitrogens is 2. The third-order valence-electron chi connectivity index (χ3n) is 1.75. The van der Waals surface area contributed by atoms with Crippen molar-refractivity contribution in [2.24, 2.45) is 0 Å². The van der Waals surface area contributed by atoms with Gasteiger partial charge in [-0.2, -0.15) is 0 Å². The van der Waals surface area contributed by atoms with Crippen LogP contribution in [0, 0.1) is 6.92 Å². The van der Waals surface area contributed by atoms with Crippen LogP contribution >= 0.6 is 0 Å². The van der Waals surface area contributed by atoms with Gasteiger partial charge in [0.25, 0.3) is 0 Å². The molecule has 4 heteroatoms. The summed E-state index contributed by atoms with van der Waals surface area (Å²) in [6.07, 6.45) is 4.79. The molecule has 0 atom stereocenters. The lowest BCUT2D eigenvalue weighted by molar-refractivity contribution is -0.121. The normalized spacial score (nSPS) is 9.86. The number of hydrogen-bond donors (Lipinski definition) is 1. The molecule has 1 heterocycles. The van der Waals surface area contributed by atoms with Crippen molar-refractivity contribution >= 4 is 5.91 Å². The summed E-state index contributed by atoms with van der Waals surface area (Å²) in [4.78, 5) is 19.4. The van der Waals surface area contributed by atoms with Gasteiger partial charge in [0.05, 0.1) is 24.1 Å². The highest BCUT2D eigenvalue weighted by atomic mass is 16.1. The van der Waals surface area contributed by atoms with E-state index in [1.807, 2.05) is 13.8 Å². The van der Waals surface area contributed by atoms with Gasteiger partial charge < -0.3 is 5.32 Å². The van der Waals surface area contributed by atoms with Crippen LogP contribution < -0.4 is 5.32 Å². The second-order valence-corrected chi connectivity index (χ2v) is 3.18. The van der Waals surface area contributed by atoms with Crippen LogP contribution in [0.1, 0.15) is 31.2 Å². The van der Waals surface area contributed by atoms with Gasteiger partial charge in [0, 0.05) is 12.6 Å². The number of carbonyl (C=O) groups excluding carboxylic acids is 1. The lowest BCUT2D eigenvalue weighted by Gasteiger charge is -2.03. The lowest BCUT2D eigenvalue weighted by Crippen LogP contribution is -2.22. The molecule has 0 unspecified atom stereocenters. The van der Waals surface area contributed by atoms with E-state index in [9.17, 15) is 4.79 Å². The average molecular weight is 193 g/mol. The molecule has 0 saturated heterocycles. The molecule has 0 bridgehead atoms. The van der Waals surface area contributed by atoms with Crippen molar-refractivity contribution in [3.05, 3.63) is 23.8 Å². The molecule has 0 spiro atoms. The fraction of sp³-hybridized carbons (Fsp3) is 0.500. The molecule has 0 fully saturated rings. The molecule has 4 nitrogen and oxygen atoms in total. The Balaban J connectivity index is 2.41. The second-order valence-electron chi connectivity index (χ2n) is 3.18. The van der Waals surface area contributed by atoms with E-state index in [2.05, 4.69) is 15.3 Å². The number of carbonyl (C=O) groups is 1. The summed E-state index contributed by atoms with van der Waals surface area (Å²) in [5, 5.41) is 2.79. The molecule has 0 aromatic carbocycles. The Morgan fingerprint density at radius 3 is 2.93 bits per heavy atom. The van der Waals surface area contributed by atoms with Gasteiger partial charge in [-0.3, -0.25) is 14.8 Å². The maximum absolute atomic E-state index is 11.1. The predicted octanol–water partition coefficient (Wildman–Crippen LogP) is 1.20. The molecule has 76 valence electrons. The summed E-state index contributed by atoms with van der Waals surface area (Å²) in [6.45, 7) is 4.32. The van der Waals surface area contributed by atoms with Crippen LogP contribution in [-0.4, -0.2) is 15.9 Å². The van der Waals surface area contributed by atoms with Crippen molar-refractivity contribution in [1.29, 1.82) is 0 Å². The van der Waals surface area contributed by atoms with Crippen molar-refractivity contribution in [2.75, 3.05) is 0 Å². The number of amides is 1. The largest absolute Gasteiger partial charge is 0.350 e. The minimum absolute atomic E-state index is 0.0656. The summed E-state index contributed by atoms with van der Waals surface area (Å²) in [6, 6.07) is 0. The minimum atomic E-state index is 0.0656. The maximum Gasteiger partial charge on any atom is 0.220 e. The first-order valence-electron chi connectivity index (χ1n) is 4.76. The van der Waals surface area contributed by atoms with E-state index in [1.165, 1.54) is 0 Å². The van der Waals surface area contributed by atoms with Crippen LogP contribution in [0.25, 0.3) is 0 Å². The summed E-state index contributed by atoms with van der Waals surface area (Å²) < 4.78 is 0. The van der Waals surface area contributed by atoms with Gasteiger partial charge in [-0.05, 0) is 13.3 Å². The van der Waals surface area contributed by atoms with E-state index in [4.69, 9.17) is 0 Å². The highest BCUT2D eigenvalue weighted by Crippen LogP contribution is 1.95. The number of hydrogen-bond acceptors (Lipinski definition) is 3. The lowest BCUT2D eigenvalue weighted by atomic mass is 10.3. The molecule has 14 heavy (non-hydrogen) atoms. The van der Waals surface area contributed by atoms with Gasteiger partial charge in [-0.25, -0.2) is 0 Å². The van der Waals surface area contributed by atoms with Gasteiger partial charge in [-0.15, -0.1) is 0 Å². The predicted molar refractivity (Wildman–Crippen MR) is 53.5 cm³/mol. The van der Waals surface area contributed by atoms with E-state index >= 15 is 0 Å². The fourth-order valence-corrected chi connectivity index (χ4v) is 1.11. The summed E-state index contributed by atoms with van der Waals surface area (Å²) in [5.74, 6) is 0.0656. The molecule has 1 rings (SSSR count). The van der Waals surface area contributed by atoms with Crippen molar-refractivity contribution in [3.63, 3.8) is 0 Å². The van der Waals surface area contributed by atoms with Gasteiger partial charge in [0.2, 0.25) is 5.91 Å². The fourth-order valence-electron chi connectivity index (χ4n) is 1.11. The van der Waals surface area contributed by atoms with Gasteiger partial charge in [0.15, 0.2) is 0 Å². The SMILES string of the molecule is CCCC(=O)NCc1cncc(C)n1. The average Bonchev–Trinajstić information content (AvgIpc) is 2.15. The van der Waals surface area contributed by atoms with E-state index in [-0.39, 0.29) is 5.91 Å². The third kappa shape index (κ3) is 3.51. The van der Waals surface area contributed by atoms with Crippen LogP contribution in [0.2, 0.25) is 0 Å². The Labute approximate surface area is 83.8 Å². The second kappa shape index (κ2) is 5.32. The zero-order valence-corrected chi connectivity index (χ0v) is 8.58. The number of aryl methyl sites for hydroxylation is 1. The van der Waals surface area contributed by atoms with Crippen molar-refractivity contribution < 1.29 is 4.79 Å². The standard InChI is InChI=1S/C10H15N3O/c1-3-4-10(14)12-7-9-6-11-5-8(2)13-9/h5-6H,3-4,7H2,1-2H3,(H,12,14). The molecule has 0 aliphatic heterocycles. The Morgan fingerprint density at radius 1 is 1.50 bits per heavy atom. The molecular weight excluding hydrogens is 178 g/mol. The minimum Gasteiger partial charge on any atom is -0.350 e. The highest BCUT2D eigenvalue weighted by molar-refractivity contribution is 5.75. The summed E-state index contributed by atoms with van der Waals surface area (Å²) in [7, 11) is 0. The molecule has 0 aliphatic rings. The van der Waals surface area contributed by atoms with Crippen LogP contribution in [0.15, 0.2) is 12.4 Å². The van der Waals surface area contributed by atoms with Crippen molar-refractivity contribution in [3.8, 4) is 0 Å². The van der Waals surface area contributed by atoms with E-state index in [0.717, 1.165) is 17.8 Å². The first kappa shape index (κ1) is 10.6. The molecule has 0 saturated carbocycles. The molecule has 1 N–H and O–H groups in total. The van der Waals surface area contributed by atoms with Crippen LogP contribution in [0.4, 0.5) is 0 Å². The summed E-state index contributed by atoms with van der Waals surface area (Å²) >= 11 is 0. The molecular formula is C10H15N3O. The molecule has 1 amide bonds. The Bertz CT molecular complexity index is 312. The molecule has 1 aromatic heterocycles. The van der Waals surface area contributed by atoms with Gasteiger partial charge >= 0.3 is 0 Å². The number of nitrogens with one attached hydrogen (secondary N) is 1. The maximum atomic E-state index is 11.1. The Hall–Kier alpha value is -1.45. The molecule has 0 aliphatic carbocycles. The third-order valence-corrected chi connectivity index (χ3v) is 1.75. The first-order valence-corrected chi connectivity index (χ1v) is 4.76. The van der Waals surface area contributed by atoms with E-state index in [0.29, 0.717) is 13.0 Å². The smallest absolute Gasteiger partial charge is 0.220 e. The Morgan fingerprint density at radius 2 is 2.29 bits per heavy atom. The van der Waals surface area contributed by atoms with Crippen molar-refractivity contribution in [2.45, 2.75) is 33.2 Å². The molecule has 0 radical (unpaired) electrons. The van der Waals surface area contributed by atoms with Gasteiger partial charge in [0.1, 0.15) is 0 Å². The van der Waals surface area contributed by atoms with E-state index < -0.39 is 0 Å². The molecule has 1 aromatic rings. The van der Waals surface area contributed by atoms with E-state index in [1.54, 1.807) is 12.4 Å². The van der Waals surface area contributed by atoms with Gasteiger partial charge in [-0.1, -0.05) is 6.92 Å². The van der Waals surface area contributed by atoms with Crippen LogP contribution in [-0.2, 0) is 11.3 Å². The Kier molecular flexibility index (Phi) is 4.04. The highest BCUT2D eigenvalue weighted by Gasteiger charge is 2.00. The van der Waals surface area contributed by atoms with Crippen LogP contribution in [0.3, 0.4) is 0 Å². The number of nitrogens with zero attached hydrogens (tertiary/aromatic N) is 2. The summed E-state index contributed by atoms with van der Waals surface area (Å²) in [5.41, 5.74) is 1.67. The monoisotopic (exact) mass is 193 g/mol. The first-order chi connectivity index (χ1) is 6.72. The quantitative estimate of drug-likeness (QED) is 0.781. The topological polar surface area (TPSA) is 54.9 Å². The number of rotatable bonds is 4. The zero-order chi connectivity index (χ0) is 10.4. The van der Waals surface area contributed by atoms with Crippen molar-refractivity contribution in [1.82, 2.24) is 15.3 Å². The zero-order valence-electron chi connectivity index (χ0n) is 8.58.